The Bertz CT molecular complexity index is 501. The summed E-state index contributed by atoms with van der Waals surface area (Å²) in [5, 5.41) is 14.4. The molecule has 0 fully saturated rings. The minimum atomic E-state index is -0.928. The fraction of sp³-hybridized carbons (Fsp3) is 0.467. The van der Waals surface area contributed by atoms with Crippen molar-refractivity contribution in [1.29, 1.82) is 0 Å². The molecule has 0 spiro atoms. The van der Waals surface area contributed by atoms with E-state index in [1.807, 2.05) is 51.0 Å². The number of nitrogens with zero attached hydrogens (tertiary/aromatic N) is 1. The summed E-state index contributed by atoms with van der Waals surface area (Å²) in [5.41, 5.74) is 1.56. The van der Waals surface area contributed by atoms with Crippen LogP contribution in [-0.2, 0) is 4.79 Å². The Morgan fingerprint density at radius 2 is 1.86 bits per heavy atom. The molecular formula is C15H23N3O3. The number of nitrogens with one attached hydrogen (secondary N) is 2. The maximum Gasteiger partial charge on any atom is 0.319 e. The van der Waals surface area contributed by atoms with Crippen LogP contribution >= 0.6 is 0 Å². The van der Waals surface area contributed by atoms with Gasteiger partial charge in [-0.2, -0.15) is 0 Å². The summed E-state index contributed by atoms with van der Waals surface area (Å²) in [6, 6.07) is 6.61. The number of anilines is 2. The second-order valence-corrected chi connectivity index (χ2v) is 5.46. The number of carboxylic acids is 1. The lowest BCUT2D eigenvalue weighted by Gasteiger charge is -2.22. The van der Waals surface area contributed by atoms with E-state index in [9.17, 15) is 9.59 Å². The molecule has 1 aromatic rings. The zero-order valence-electron chi connectivity index (χ0n) is 12.9. The van der Waals surface area contributed by atoms with Gasteiger partial charge in [-0.05, 0) is 18.1 Å². The predicted molar refractivity (Wildman–Crippen MR) is 83.8 cm³/mol. The molecule has 1 aromatic carbocycles. The molecule has 1 unspecified atom stereocenters. The molecule has 1 atom stereocenters. The summed E-state index contributed by atoms with van der Waals surface area (Å²) < 4.78 is 0. The number of carbonyl (C=O) groups excluding carboxylic acids is 1. The van der Waals surface area contributed by atoms with E-state index in [0.717, 1.165) is 5.69 Å². The number of hydrogen-bond donors (Lipinski definition) is 3. The van der Waals surface area contributed by atoms with Gasteiger partial charge in [0.1, 0.15) is 0 Å². The van der Waals surface area contributed by atoms with Gasteiger partial charge in [0.25, 0.3) is 0 Å². The van der Waals surface area contributed by atoms with Gasteiger partial charge in [0.15, 0.2) is 0 Å². The van der Waals surface area contributed by atoms with Gasteiger partial charge in [-0.25, -0.2) is 4.79 Å². The number of urea groups is 1. The van der Waals surface area contributed by atoms with Crippen molar-refractivity contribution in [3.05, 3.63) is 24.3 Å². The lowest BCUT2D eigenvalue weighted by Crippen LogP contribution is -2.42. The molecule has 0 saturated heterocycles. The molecule has 6 heteroatoms. The number of hydrogen-bond acceptors (Lipinski definition) is 3. The van der Waals surface area contributed by atoms with Crippen molar-refractivity contribution in [3.8, 4) is 0 Å². The Morgan fingerprint density at radius 1 is 1.24 bits per heavy atom. The normalized spacial score (nSPS) is 11.9. The van der Waals surface area contributed by atoms with Crippen LogP contribution in [0.3, 0.4) is 0 Å². The molecule has 0 bridgehead atoms. The van der Waals surface area contributed by atoms with Crippen LogP contribution in [0.2, 0.25) is 0 Å². The van der Waals surface area contributed by atoms with Gasteiger partial charge in [-0.3, -0.25) is 4.79 Å². The summed E-state index contributed by atoms with van der Waals surface area (Å²) in [4.78, 5) is 24.8. The first kappa shape index (κ1) is 16.8. The molecule has 0 saturated carbocycles. The average molecular weight is 293 g/mol. The Labute approximate surface area is 125 Å². The van der Waals surface area contributed by atoms with Crippen molar-refractivity contribution in [1.82, 2.24) is 5.32 Å². The number of benzene rings is 1. The fourth-order valence-electron chi connectivity index (χ4n) is 1.94. The third kappa shape index (κ3) is 5.33. The molecule has 0 aliphatic heterocycles. The van der Waals surface area contributed by atoms with E-state index in [2.05, 4.69) is 10.6 Å². The van der Waals surface area contributed by atoms with Gasteiger partial charge >= 0.3 is 12.0 Å². The Balaban J connectivity index is 2.75. The lowest BCUT2D eigenvalue weighted by atomic mass is 10.0. The van der Waals surface area contributed by atoms with Crippen LogP contribution in [0.15, 0.2) is 24.3 Å². The molecule has 0 aromatic heterocycles. The van der Waals surface area contributed by atoms with E-state index >= 15 is 0 Å². The lowest BCUT2D eigenvalue weighted by molar-refractivity contribution is -0.137. The van der Waals surface area contributed by atoms with Crippen molar-refractivity contribution in [2.45, 2.75) is 26.3 Å². The molecule has 21 heavy (non-hydrogen) atoms. The molecule has 2 amide bonds. The quantitative estimate of drug-likeness (QED) is 0.752. The van der Waals surface area contributed by atoms with Gasteiger partial charge in [0.2, 0.25) is 0 Å². The summed E-state index contributed by atoms with van der Waals surface area (Å²) >= 11 is 0. The zero-order chi connectivity index (χ0) is 16.0. The molecule has 0 aliphatic carbocycles. The van der Waals surface area contributed by atoms with Crippen LogP contribution in [0.1, 0.15) is 20.3 Å². The highest BCUT2D eigenvalue weighted by Gasteiger charge is 2.19. The monoisotopic (exact) mass is 293 g/mol. The average Bonchev–Trinajstić information content (AvgIpc) is 2.37. The van der Waals surface area contributed by atoms with Crippen LogP contribution < -0.4 is 15.5 Å². The smallest absolute Gasteiger partial charge is 0.319 e. The number of amides is 2. The van der Waals surface area contributed by atoms with Gasteiger partial charge in [0, 0.05) is 20.1 Å². The Kier molecular flexibility index (Phi) is 6.02. The molecule has 3 N–H and O–H groups in total. The first-order chi connectivity index (χ1) is 9.81. The standard InChI is InChI=1S/C15H23N3O3/c1-10(2)12(9-14(19)20)17-15(21)16-11-7-5-6-8-13(11)18(3)4/h5-8,10,12H,9H2,1-4H3,(H,19,20)(H2,16,17,21). The van der Waals surface area contributed by atoms with Crippen molar-refractivity contribution in [2.24, 2.45) is 5.92 Å². The Hall–Kier alpha value is -2.24. The second-order valence-electron chi connectivity index (χ2n) is 5.46. The highest BCUT2D eigenvalue weighted by Crippen LogP contribution is 2.23. The van der Waals surface area contributed by atoms with Crippen LogP contribution in [0.4, 0.5) is 16.2 Å². The van der Waals surface area contributed by atoms with Gasteiger partial charge < -0.3 is 20.6 Å². The number of aliphatic carboxylic acids is 1. The van der Waals surface area contributed by atoms with Gasteiger partial charge in [-0.1, -0.05) is 26.0 Å². The highest BCUT2D eigenvalue weighted by atomic mass is 16.4. The summed E-state index contributed by atoms with van der Waals surface area (Å²) in [7, 11) is 3.78. The molecule has 0 heterocycles. The van der Waals surface area contributed by atoms with Crippen molar-refractivity contribution in [2.75, 3.05) is 24.3 Å². The van der Waals surface area contributed by atoms with E-state index < -0.39 is 18.0 Å². The maximum atomic E-state index is 12.0. The van der Waals surface area contributed by atoms with E-state index in [0.29, 0.717) is 5.69 Å². The molecule has 1 rings (SSSR count). The molecular weight excluding hydrogens is 270 g/mol. The van der Waals surface area contributed by atoms with Crippen LogP contribution in [0.25, 0.3) is 0 Å². The first-order valence-electron chi connectivity index (χ1n) is 6.87. The zero-order valence-corrected chi connectivity index (χ0v) is 12.9. The van der Waals surface area contributed by atoms with Crippen LogP contribution in [0, 0.1) is 5.92 Å². The van der Waals surface area contributed by atoms with E-state index in [4.69, 9.17) is 5.11 Å². The maximum absolute atomic E-state index is 12.0. The topological polar surface area (TPSA) is 81.7 Å². The summed E-state index contributed by atoms with van der Waals surface area (Å²) in [5.74, 6) is -0.890. The SMILES string of the molecule is CC(C)C(CC(=O)O)NC(=O)Nc1ccccc1N(C)C. The van der Waals surface area contributed by atoms with Crippen molar-refractivity contribution >= 4 is 23.4 Å². The van der Waals surface area contributed by atoms with Crippen molar-refractivity contribution < 1.29 is 14.7 Å². The van der Waals surface area contributed by atoms with Crippen LogP contribution in [-0.4, -0.2) is 37.2 Å². The third-order valence-electron chi connectivity index (χ3n) is 3.15. The number of carboxylic acid groups (broad SMARTS) is 1. The second kappa shape index (κ2) is 7.52. The summed E-state index contributed by atoms with van der Waals surface area (Å²) in [6.45, 7) is 3.75. The first-order valence-corrected chi connectivity index (χ1v) is 6.87. The van der Waals surface area contributed by atoms with Gasteiger partial charge in [0.05, 0.1) is 17.8 Å². The van der Waals surface area contributed by atoms with E-state index in [-0.39, 0.29) is 12.3 Å². The number of rotatable bonds is 6. The number of carbonyl (C=O) groups is 2. The number of para-hydroxylation sites is 2. The minimum Gasteiger partial charge on any atom is -0.481 e. The molecule has 6 nitrogen and oxygen atoms in total. The highest BCUT2D eigenvalue weighted by molar-refractivity contribution is 5.93. The van der Waals surface area contributed by atoms with E-state index in [1.54, 1.807) is 6.07 Å². The molecule has 0 aliphatic rings. The van der Waals surface area contributed by atoms with Gasteiger partial charge in [-0.15, -0.1) is 0 Å². The Morgan fingerprint density at radius 3 is 2.38 bits per heavy atom. The van der Waals surface area contributed by atoms with Crippen LogP contribution in [0.5, 0.6) is 0 Å². The summed E-state index contributed by atoms with van der Waals surface area (Å²) in [6.07, 6.45) is -0.0968. The largest absolute Gasteiger partial charge is 0.481 e. The molecule has 0 radical (unpaired) electrons. The van der Waals surface area contributed by atoms with Crippen molar-refractivity contribution in [3.63, 3.8) is 0 Å². The van der Waals surface area contributed by atoms with E-state index in [1.165, 1.54) is 0 Å². The molecule has 116 valence electrons. The fourth-order valence-corrected chi connectivity index (χ4v) is 1.94. The minimum absolute atomic E-state index is 0.0379. The predicted octanol–water partition coefficient (Wildman–Crippen LogP) is 2.37. The third-order valence-corrected chi connectivity index (χ3v) is 3.15.